The Bertz CT molecular complexity index is 342. The summed E-state index contributed by atoms with van der Waals surface area (Å²) in [7, 11) is 0. The van der Waals surface area contributed by atoms with Crippen LogP contribution in [0.25, 0.3) is 0 Å². The van der Waals surface area contributed by atoms with Gasteiger partial charge in [0.2, 0.25) is 0 Å². The van der Waals surface area contributed by atoms with E-state index in [-0.39, 0.29) is 0 Å². The molecule has 3 heteroatoms. The van der Waals surface area contributed by atoms with Crippen LogP contribution in [0.2, 0.25) is 0 Å². The summed E-state index contributed by atoms with van der Waals surface area (Å²) < 4.78 is 0. The highest BCUT2D eigenvalue weighted by atomic mass is 32.1. The molecule has 1 saturated carbocycles. The van der Waals surface area contributed by atoms with Crippen LogP contribution in [-0.4, -0.2) is 17.6 Å². The average Bonchev–Trinajstić information content (AvgIpc) is 3.01. The minimum atomic E-state index is 0.717. The van der Waals surface area contributed by atoms with Gasteiger partial charge in [0.15, 0.2) is 0 Å². The van der Waals surface area contributed by atoms with Gasteiger partial charge in [-0.05, 0) is 51.5 Å². The van der Waals surface area contributed by atoms with Crippen molar-refractivity contribution in [1.29, 1.82) is 0 Å². The van der Waals surface area contributed by atoms with Crippen molar-refractivity contribution < 1.29 is 0 Å². The fourth-order valence-electron chi connectivity index (χ4n) is 3.02. The molecule has 1 atom stereocenters. The molecule has 0 amide bonds. The van der Waals surface area contributed by atoms with Crippen LogP contribution in [0, 0.1) is 12.8 Å². The van der Waals surface area contributed by atoms with Crippen LogP contribution in [0.4, 0.5) is 0 Å². The van der Waals surface area contributed by atoms with Crippen LogP contribution in [-0.2, 0) is 6.42 Å². The molecular weight excluding hydrogens is 240 g/mol. The lowest BCUT2D eigenvalue weighted by Crippen LogP contribution is -2.36. The molecule has 1 heterocycles. The van der Waals surface area contributed by atoms with E-state index in [2.05, 4.69) is 29.5 Å². The van der Waals surface area contributed by atoms with Crippen molar-refractivity contribution in [2.24, 2.45) is 5.92 Å². The molecule has 0 spiro atoms. The molecule has 1 fully saturated rings. The summed E-state index contributed by atoms with van der Waals surface area (Å²) in [5.74, 6) is 0.913. The second kappa shape index (κ2) is 7.25. The van der Waals surface area contributed by atoms with Crippen molar-refractivity contribution in [2.45, 2.75) is 64.8 Å². The van der Waals surface area contributed by atoms with Gasteiger partial charge >= 0.3 is 0 Å². The minimum absolute atomic E-state index is 0.717. The molecule has 0 aliphatic heterocycles. The number of nitrogens with zero attached hydrogens (tertiary/aromatic N) is 1. The Morgan fingerprint density at radius 3 is 2.83 bits per heavy atom. The highest BCUT2D eigenvalue weighted by molar-refractivity contribution is 7.09. The third kappa shape index (κ3) is 4.06. The van der Waals surface area contributed by atoms with Crippen LogP contribution in [0.15, 0.2) is 5.38 Å². The molecule has 2 rings (SSSR count). The standard InChI is InChI=1S/C15H26N2S/c1-3-10-16-15(13-6-4-5-7-13)9-8-14-11-18-12(2)17-14/h11,13,15-16H,3-10H2,1-2H3. The summed E-state index contributed by atoms with van der Waals surface area (Å²) in [6, 6.07) is 0.717. The molecule has 0 saturated heterocycles. The van der Waals surface area contributed by atoms with E-state index in [0.29, 0.717) is 0 Å². The van der Waals surface area contributed by atoms with E-state index in [1.165, 1.54) is 49.2 Å². The van der Waals surface area contributed by atoms with E-state index in [1.807, 2.05) is 0 Å². The van der Waals surface area contributed by atoms with Gasteiger partial charge in [-0.25, -0.2) is 4.98 Å². The van der Waals surface area contributed by atoms with E-state index in [1.54, 1.807) is 11.3 Å². The predicted molar refractivity (Wildman–Crippen MR) is 79.2 cm³/mol. The van der Waals surface area contributed by atoms with Crippen molar-refractivity contribution in [3.8, 4) is 0 Å². The predicted octanol–water partition coefficient (Wildman–Crippen LogP) is 3.94. The van der Waals surface area contributed by atoms with E-state index >= 15 is 0 Å². The van der Waals surface area contributed by atoms with E-state index in [0.717, 1.165) is 24.9 Å². The Morgan fingerprint density at radius 2 is 2.22 bits per heavy atom. The molecule has 1 aromatic heterocycles. The van der Waals surface area contributed by atoms with Crippen molar-refractivity contribution in [3.63, 3.8) is 0 Å². The van der Waals surface area contributed by atoms with Gasteiger partial charge in [-0.2, -0.15) is 0 Å². The van der Waals surface area contributed by atoms with E-state index < -0.39 is 0 Å². The molecule has 1 aliphatic carbocycles. The van der Waals surface area contributed by atoms with Crippen molar-refractivity contribution in [2.75, 3.05) is 6.54 Å². The highest BCUT2D eigenvalue weighted by Gasteiger charge is 2.24. The van der Waals surface area contributed by atoms with Gasteiger partial charge in [0, 0.05) is 11.4 Å². The van der Waals surface area contributed by atoms with Gasteiger partial charge in [-0.15, -0.1) is 11.3 Å². The van der Waals surface area contributed by atoms with E-state index in [9.17, 15) is 0 Å². The molecule has 102 valence electrons. The second-order valence-electron chi connectivity index (χ2n) is 5.50. The number of thiazole rings is 1. The first kappa shape index (κ1) is 14.0. The monoisotopic (exact) mass is 266 g/mol. The number of aromatic nitrogens is 1. The van der Waals surface area contributed by atoms with Crippen molar-refractivity contribution >= 4 is 11.3 Å². The fourth-order valence-corrected chi connectivity index (χ4v) is 3.67. The summed E-state index contributed by atoms with van der Waals surface area (Å²) in [5.41, 5.74) is 1.29. The highest BCUT2D eigenvalue weighted by Crippen LogP contribution is 2.29. The fraction of sp³-hybridized carbons (Fsp3) is 0.800. The molecular formula is C15H26N2S. The average molecular weight is 266 g/mol. The molecule has 1 N–H and O–H groups in total. The zero-order chi connectivity index (χ0) is 12.8. The number of aryl methyl sites for hydroxylation is 2. The smallest absolute Gasteiger partial charge is 0.0897 e. The lowest BCUT2D eigenvalue weighted by Gasteiger charge is -2.24. The second-order valence-corrected chi connectivity index (χ2v) is 6.56. The van der Waals surface area contributed by atoms with Crippen molar-refractivity contribution in [3.05, 3.63) is 16.1 Å². The first-order chi connectivity index (χ1) is 8.79. The molecule has 0 radical (unpaired) electrons. The maximum atomic E-state index is 4.58. The Kier molecular flexibility index (Phi) is 5.64. The zero-order valence-electron chi connectivity index (χ0n) is 11.7. The Hall–Kier alpha value is -0.410. The lowest BCUT2D eigenvalue weighted by molar-refractivity contribution is 0.340. The number of hydrogen-bond donors (Lipinski definition) is 1. The van der Waals surface area contributed by atoms with E-state index in [4.69, 9.17) is 0 Å². The maximum Gasteiger partial charge on any atom is 0.0897 e. The maximum absolute atomic E-state index is 4.58. The zero-order valence-corrected chi connectivity index (χ0v) is 12.6. The largest absolute Gasteiger partial charge is 0.314 e. The summed E-state index contributed by atoms with van der Waals surface area (Å²) in [6.07, 6.45) is 9.36. The molecule has 2 nitrogen and oxygen atoms in total. The van der Waals surface area contributed by atoms with Gasteiger partial charge in [0.1, 0.15) is 0 Å². The summed E-state index contributed by atoms with van der Waals surface area (Å²) in [5, 5.41) is 7.19. The van der Waals surface area contributed by atoms with Crippen LogP contribution < -0.4 is 5.32 Å². The Morgan fingerprint density at radius 1 is 1.44 bits per heavy atom. The number of rotatable bonds is 7. The molecule has 18 heavy (non-hydrogen) atoms. The first-order valence-corrected chi connectivity index (χ1v) is 8.32. The SMILES string of the molecule is CCCNC(CCc1csc(C)n1)C1CCCC1. The molecule has 1 aromatic rings. The van der Waals surface area contributed by atoms with Crippen molar-refractivity contribution in [1.82, 2.24) is 10.3 Å². The summed E-state index contributed by atoms with van der Waals surface area (Å²) in [6.45, 7) is 5.51. The van der Waals surface area contributed by atoms with Crippen LogP contribution in [0.3, 0.4) is 0 Å². The summed E-state index contributed by atoms with van der Waals surface area (Å²) >= 11 is 1.77. The van der Waals surface area contributed by atoms with Gasteiger partial charge in [0.05, 0.1) is 10.7 Å². The normalized spacial score (nSPS) is 18.3. The molecule has 0 aromatic carbocycles. The molecule has 0 bridgehead atoms. The quantitative estimate of drug-likeness (QED) is 0.808. The Balaban J connectivity index is 1.83. The van der Waals surface area contributed by atoms with Gasteiger partial charge < -0.3 is 5.32 Å². The summed E-state index contributed by atoms with van der Waals surface area (Å²) in [4.78, 5) is 4.58. The minimum Gasteiger partial charge on any atom is -0.314 e. The molecule has 1 aliphatic rings. The van der Waals surface area contributed by atoms with Gasteiger partial charge in [-0.1, -0.05) is 19.8 Å². The lowest BCUT2D eigenvalue weighted by atomic mass is 9.93. The van der Waals surface area contributed by atoms with Crippen LogP contribution in [0.1, 0.15) is 56.2 Å². The van der Waals surface area contributed by atoms with Crippen LogP contribution >= 0.6 is 11.3 Å². The van der Waals surface area contributed by atoms with Crippen LogP contribution in [0.5, 0.6) is 0 Å². The van der Waals surface area contributed by atoms with Gasteiger partial charge in [-0.3, -0.25) is 0 Å². The number of nitrogens with one attached hydrogen (secondary N) is 1. The number of hydrogen-bond acceptors (Lipinski definition) is 3. The Labute approximate surface area is 115 Å². The third-order valence-corrected chi connectivity index (χ3v) is 4.83. The van der Waals surface area contributed by atoms with Gasteiger partial charge in [0.25, 0.3) is 0 Å². The topological polar surface area (TPSA) is 24.9 Å². The third-order valence-electron chi connectivity index (χ3n) is 4.00. The first-order valence-electron chi connectivity index (χ1n) is 7.44. The molecule has 1 unspecified atom stereocenters.